The lowest BCUT2D eigenvalue weighted by Gasteiger charge is -2.22. The van der Waals surface area contributed by atoms with Gasteiger partial charge in [-0.2, -0.15) is 0 Å². The number of aliphatic hydroxyl groups excluding tert-OH is 1. The number of hydrogen-bond donors (Lipinski definition) is 2. The second-order valence-electron chi connectivity index (χ2n) is 4.60. The van der Waals surface area contributed by atoms with Crippen LogP contribution in [0.4, 0.5) is 0 Å². The summed E-state index contributed by atoms with van der Waals surface area (Å²) in [5, 5.41) is 13.8. The Morgan fingerprint density at radius 3 is 2.26 bits per heavy atom. The van der Waals surface area contributed by atoms with Gasteiger partial charge in [0.15, 0.2) is 11.5 Å². The van der Waals surface area contributed by atoms with Gasteiger partial charge in [0, 0.05) is 17.7 Å². The average Bonchev–Trinajstić information content (AvgIpc) is 2.99. The van der Waals surface area contributed by atoms with Crippen LogP contribution in [-0.4, -0.2) is 39.0 Å². The molecule has 1 aromatic rings. The molecular formula is C14H21NO4. The van der Waals surface area contributed by atoms with Crippen molar-refractivity contribution < 1.29 is 19.3 Å². The van der Waals surface area contributed by atoms with E-state index in [-0.39, 0.29) is 6.04 Å². The van der Waals surface area contributed by atoms with Crippen LogP contribution in [0.15, 0.2) is 12.1 Å². The second kappa shape index (κ2) is 6.12. The number of hydrogen-bond acceptors (Lipinski definition) is 5. The van der Waals surface area contributed by atoms with Gasteiger partial charge in [0.25, 0.3) is 0 Å². The van der Waals surface area contributed by atoms with Crippen LogP contribution in [0.1, 0.15) is 24.5 Å². The molecule has 1 fully saturated rings. The Morgan fingerprint density at radius 2 is 1.74 bits per heavy atom. The predicted octanol–water partition coefficient (Wildman–Crippen LogP) is 1.50. The number of nitrogens with one attached hydrogen (secondary N) is 1. The molecule has 1 aliphatic rings. The summed E-state index contributed by atoms with van der Waals surface area (Å²) in [6, 6.07) is 3.58. The van der Waals surface area contributed by atoms with Crippen LogP contribution >= 0.6 is 0 Å². The Morgan fingerprint density at radius 1 is 1.11 bits per heavy atom. The highest BCUT2D eigenvalue weighted by Gasteiger charge is 2.27. The van der Waals surface area contributed by atoms with Gasteiger partial charge in [-0.1, -0.05) is 0 Å². The summed E-state index contributed by atoms with van der Waals surface area (Å²) in [5.74, 6) is 1.80. The molecule has 5 nitrogen and oxygen atoms in total. The predicted molar refractivity (Wildman–Crippen MR) is 72.1 cm³/mol. The van der Waals surface area contributed by atoms with Crippen molar-refractivity contribution in [3.05, 3.63) is 17.7 Å². The highest BCUT2D eigenvalue weighted by atomic mass is 16.5. The van der Waals surface area contributed by atoms with Crippen LogP contribution < -0.4 is 19.5 Å². The highest BCUT2D eigenvalue weighted by Crippen LogP contribution is 2.39. The fourth-order valence-corrected chi connectivity index (χ4v) is 2.48. The third kappa shape index (κ3) is 2.77. The van der Waals surface area contributed by atoms with Crippen molar-refractivity contribution in [3.63, 3.8) is 0 Å². The molecule has 106 valence electrons. The fraction of sp³-hybridized carbons (Fsp3) is 0.571. The van der Waals surface area contributed by atoms with Crippen LogP contribution in [-0.2, 0) is 0 Å². The quantitative estimate of drug-likeness (QED) is 0.846. The first kappa shape index (κ1) is 14.0. The van der Waals surface area contributed by atoms with Gasteiger partial charge < -0.3 is 24.6 Å². The maximum absolute atomic E-state index is 10.5. The van der Waals surface area contributed by atoms with Crippen LogP contribution in [0, 0.1) is 0 Å². The molecule has 0 radical (unpaired) electrons. The molecule has 1 heterocycles. The topological polar surface area (TPSA) is 60.0 Å². The summed E-state index contributed by atoms with van der Waals surface area (Å²) >= 11 is 0. The van der Waals surface area contributed by atoms with Gasteiger partial charge in [0.1, 0.15) is 5.75 Å². The number of methoxy groups -OCH3 is 3. The van der Waals surface area contributed by atoms with E-state index in [1.54, 1.807) is 33.5 Å². The number of aliphatic hydroxyl groups is 1. The molecular weight excluding hydrogens is 246 g/mol. The minimum atomic E-state index is -0.614. The van der Waals surface area contributed by atoms with E-state index in [1.165, 1.54) is 0 Å². The van der Waals surface area contributed by atoms with E-state index in [2.05, 4.69) is 5.32 Å². The number of rotatable bonds is 5. The maximum atomic E-state index is 10.5. The molecule has 0 spiro atoms. The fourth-order valence-electron chi connectivity index (χ4n) is 2.48. The molecule has 1 aliphatic heterocycles. The zero-order valence-corrected chi connectivity index (χ0v) is 11.6. The zero-order valence-electron chi connectivity index (χ0n) is 11.6. The van der Waals surface area contributed by atoms with Gasteiger partial charge in [-0.3, -0.25) is 0 Å². The van der Waals surface area contributed by atoms with E-state index in [0.717, 1.165) is 24.9 Å². The van der Waals surface area contributed by atoms with Crippen molar-refractivity contribution in [1.29, 1.82) is 0 Å². The minimum absolute atomic E-state index is 0.0620. The molecule has 1 aromatic carbocycles. The van der Waals surface area contributed by atoms with Crippen molar-refractivity contribution in [1.82, 2.24) is 5.32 Å². The lowest BCUT2D eigenvalue weighted by Crippen LogP contribution is -2.29. The Labute approximate surface area is 113 Å². The molecule has 0 bridgehead atoms. The molecule has 0 amide bonds. The largest absolute Gasteiger partial charge is 0.496 e. The van der Waals surface area contributed by atoms with Crippen LogP contribution in [0.3, 0.4) is 0 Å². The first-order valence-electron chi connectivity index (χ1n) is 6.42. The van der Waals surface area contributed by atoms with Crippen molar-refractivity contribution in [3.8, 4) is 17.2 Å². The van der Waals surface area contributed by atoms with Gasteiger partial charge in [-0.25, -0.2) is 0 Å². The summed E-state index contributed by atoms with van der Waals surface area (Å²) in [6.45, 7) is 0.942. The molecule has 0 aromatic heterocycles. The Hall–Kier alpha value is -1.46. The molecule has 2 atom stereocenters. The Bertz CT molecular complexity index is 430. The van der Waals surface area contributed by atoms with Gasteiger partial charge in [0.05, 0.1) is 27.4 Å². The van der Waals surface area contributed by atoms with Crippen LogP contribution in [0.25, 0.3) is 0 Å². The van der Waals surface area contributed by atoms with Gasteiger partial charge in [0.2, 0.25) is 0 Å². The van der Waals surface area contributed by atoms with E-state index in [0.29, 0.717) is 17.2 Å². The third-order valence-corrected chi connectivity index (χ3v) is 3.53. The average molecular weight is 267 g/mol. The zero-order chi connectivity index (χ0) is 13.8. The second-order valence-corrected chi connectivity index (χ2v) is 4.60. The van der Waals surface area contributed by atoms with Crippen LogP contribution in [0.5, 0.6) is 17.2 Å². The Kier molecular flexibility index (Phi) is 4.50. The molecule has 2 unspecified atom stereocenters. The summed E-state index contributed by atoms with van der Waals surface area (Å²) in [4.78, 5) is 0. The Balaban J connectivity index is 2.36. The van der Waals surface area contributed by atoms with E-state index in [9.17, 15) is 5.11 Å². The molecule has 2 N–H and O–H groups in total. The van der Waals surface area contributed by atoms with E-state index in [1.807, 2.05) is 0 Å². The molecule has 0 saturated carbocycles. The normalized spacial score (nSPS) is 20.1. The van der Waals surface area contributed by atoms with E-state index in [4.69, 9.17) is 14.2 Å². The van der Waals surface area contributed by atoms with E-state index >= 15 is 0 Å². The minimum Gasteiger partial charge on any atom is -0.496 e. The lowest BCUT2D eigenvalue weighted by atomic mass is 9.99. The smallest absolute Gasteiger partial charge is 0.164 e. The SMILES string of the molecule is COc1cc(OC)c(C(O)C2CCCN2)cc1OC. The highest BCUT2D eigenvalue weighted by molar-refractivity contribution is 5.51. The molecule has 1 saturated heterocycles. The van der Waals surface area contributed by atoms with Gasteiger partial charge in [-0.15, -0.1) is 0 Å². The molecule has 5 heteroatoms. The standard InChI is InChI=1S/C14H21NO4/c1-17-11-8-13(19-3)12(18-2)7-9(11)14(16)10-5-4-6-15-10/h7-8,10,14-16H,4-6H2,1-3H3. The number of ether oxygens (including phenoxy) is 3. The number of benzene rings is 1. The molecule has 19 heavy (non-hydrogen) atoms. The van der Waals surface area contributed by atoms with Gasteiger partial charge in [-0.05, 0) is 25.5 Å². The van der Waals surface area contributed by atoms with Crippen molar-refractivity contribution in [2.45, 2.75) is 25.0 Å². The molecule has 0 aliphatic carbocycles. The monoisotopic (exact) mass is 267 g/mol. The summed E-state index contributed by atoms with van der Waals surface area (Å²) in [6.07, 6.45) is 1.42. The maximum Gasteiger partial charge on any atom is 0.164 e. The van der Waals surface area contributed by atoms with Gasteiger partial charge >= 0.3 is 0 Å². The van der Waals surface area contributed by atoms with Crippen molar-refractivity contribution in [2.24, 2.45) is 0 Å². The first-order chi connectivity index (χ1) is 9.21. The molecule has 2 rings (SSSR count). The summed E-state index contributed by atoms with van der Waals surface area (Å²) < 4.78 is 15.9. The van der Waals surface area contributed by atoms with Crippen LogP contribution in [0.2, 0.25) is 0 Å². The third-order valence-electron chi connectivity index (χ3n) is 3.53. The van der Waals surface area contributed by atoms with Crippen molar-refractivity contribution in [2.75, 3.05) is 27.9 Å². The van der Waals surface area contributed by atoms with Crippen molar-refractivity contribution >= 4 is 0 Å². The lowest BCUT2D eigenvalue weighted by molar-refractivity contribution is 0.133. The summed E-state index contributed by atoms with van der Waals surface area (Å²) in [7, 11) is 4.74. The van der Waals surface area contributed by atoms with E-state index < -0.39 is 6.10 Å². The summed E-state index contributed by atoms with van der Waals surface area (Å²) in [5.41, 5.74) is 0.722. The first-order valence-corrected chi connectivity index (χ1v) is 6.42.